The van der Waals surface area contributed by atoms with Crippen molar-refractivity contribution in [3.63, 3.8) is 0 Å². The topological polar surface area (TPSA) is 137 Å². The molecule has 0 aromatic heterocycles. The van der Waals surface area contributed by atoms with E-state index in [0.29, 0.717) is 10.2 Å². The summed E-state index contributed by atoms with van der Waals surface area (Å²) < 4.78 is 0.398. The summed E-state index contributed by atoms with van der Waals surface area (Å²) in [5.74, 6) is -1.60. The van der Waals surface area contributed by atoms with Crippen LogP contribution >= 0.6 is 28.1 Å². The molecule has 0 amide bonds. The standard InChI is InChI=1S/C15H11BrN4O5S/c16-10-4-9(13(21)12(6-10)20(24)25)7-17-19-15(26)18-11-3-1-2-8(5-11)14(22)23/h1-7,21H,(H,22,23)(H2,18,19,26)/b17-7-. The highest BCUT2D eigenvalue weighted by Gasteiger charge is 2.17. The Balaban J connectivity index is 2.07. The van der Waals surface area contributed by atoms with Crippen molar-refractivity contribution in [3.8, 4) is 5.75 Å². The predicted octanol–water partition coefficient (Wildman–Crippen LogP) is 3.08. The summed E-state index contributed by atoms with van der Waals surface area (Å²) in [4.78, 5) is 21.1. The smallest absolute Gasteiger partial charge is 0.335 e. The molecule has 0 unspecified atom stereocenters. The molecule has 2 aromatic rings. The molecule has 0 heterocycles. The Morgan fingerprint density at radius 3 is 2.73 bits per heavy atom. The number of nitro groups is 1. The molecule has 0 aliphatic carbocycles. The first-order chi connectivity index (χ1) is 12.3. The Hall–Kier alpha value is -3.05. The van der Waals surface area contributed by atoms with E-state index in [1.807, 2.05) is 0 Å². The molecule has 4 N–H and O–H groups in total. The van der Waals surface area contributed by atoms with Gasteiger partial charge in [-0.2, -0.15) is 5.10 Å². The Morgan fingerprint density at radius 2 is 2.08 bits per heavy atom. The zero-order valence-electron chi connectivity index (χ0n) is 12.8. The van der Waals surface area contributed by atoms with Crippen LogP contribution in [0.4, 0.5) is 11.4 Å². The molecule has 0 radical (unpaired) electrons. The molecule has 0 saturated carbocycles. The zero-order valence-corrected chi connectivity index (χ0v) is 15.2. The highest BCUT2D eigenvalue weighted by Crippen LogP contribution is 2.32. The van der Waals surface area contributed by atoms with Crippen molar-refractivity contribution in [1.29, 1.82) is 0 Å². The normalized spacial score (nSPS) is 10.5. The first kappa shape index (κ1) is 19.3. The number of thiocarbonyl (C=S) groups is 1. The average molecular weight is 439 g/mol. The third kappa shape index (κ3) is 4.97. The molecule has 0 aliphatic rings. The fourth-order valence-electron chi connectivity index (χ4n) is 1.89. The first-order valence-corrected chi connectivity index (χ1v) is 8.08. The number of nitrogens with zero attached hydrogens (tertiary/aromatic N) is 2. The molecule has 11 heteroatoms. The van der Waals surface area contributed by atoms with Gasteiger partial charge >= 0.3 is 11.7 Å². The summed E-state index contributed by atoms with van der Waals surface area (Å²) in [5.41, 5.74) is 2.64. The van der Waals surface area contributed by atoms with Crippen LogP contribution in [0, 0.1) is 10.1 Å². The van der Waals surface area contributed by atoms with Crippen LogP contribution < -0.4 is 10.7 Å². The van der Waals surface area contributed by atoms with Crippen molar-refractivity contribution in [2.75, 3.05) is 5.32 Å². The minimum Gasteiger partial charge on any atom is -0.502 e. The van der Waals surface area contributed by atoms with Crippen molar-refractivity contribution in [1.82, 2.24) is 5.43 Å². The van der Waals surface area contributed by atoms with E-state index in [4.69, 9.17) is 17.3 Å². The molecule has 9 nitrogen and oxygen atoms in total. The van der Waals surface area contributed by atoms with E-state index < -0.39 is 22.3 Å². The van der Waals surface area contributed by atoms with E-state index in [1.165, 1.54) is 24.3 Å². The number of phenols is 1. The van der Waals surface area contributed by atoms with E-state index in [2.05, 4.69) is 31.8 Å². The summed E-state index contributed by atoms with van der Waals surface area (Å²) >= 11 is 8.14. The van der Waals surface area contributed by atoms with Crippen LogP contribution in [0.2, 0.25) is 0 Å². The molecule has 2 rings (SSSR count). The number of hydrazone groups is 1. The lowest BCUT2D eigenvalue weighted by Gasteiger charge is -2.07. The Morgan fingerprint density at radius 1 is 1.35 bits per heavy atom. The largest absolute Gasteiger partial charge is 0.502 e. The van der Waals surface area contributed by atoms with Gasteiger partial charge in [0.1, 0.15) is 0 Å². The van der Waals surface area contributed by atoms with Gasteiger partial charge in [0.25, 0.3) is 0 Å². The van der Waals surface area contributed by atoms with Gasteiger partial charge < -0.3 is 15.5 Å². The first-order valence-electron chi connectivity index (χ1n) is 6.88. The van der Waals surface area contributed by atoms with Gasteiger partial charge in [-0.3, -0.25) is 15.5 Å². The average Bonchev–Trinajstić information content (AvgIpc) is 2.57. The van der Waals surface area contributed by atoms with Crippen LogP contribution in [0.25, 0.3) is 0 Å². The quantitative estimate of drug-likeness (QED) is 0.242. The third-order valence-corrected chi connectivity index (χ3v) is 3.67. The number of aromatic hydroxyl groups is 1. The van der Waals surface area contributed by atoms with Gasteiger partial charge in [0.2, 0.25) is 5.75 Å². The number of halogens is 1. The second-order valence-electron chi connectivity index (χ2n) is 4.83. The molecule has 0 atom stereocenters. The summed E-state index contributed by atoms with van der Waals surface area (Å²) in [5, 5.41) is 36.3. The van der Waals surface area contributed by atoms with Crippen LogP contribution in [0.1, 0.15) is 15.9 Å². The maximum absolute atomic E-state index is 10.9. The maximum atomic E-state index is 10.9. The van der Waals surface area contributed by atoms with E-state index in [1.54, 1.807) is 12.1 Å². The lowest BCUT2D eigenvalue weighted by molar-refractivity contribution is -0.385. The minimum atomic E-state index is -1.07. The highest BCUT2D eigenvalue weighted by atomic mass is 79.9. The predicted molar refractivity (Wildman–Crippen MR) is 103 cm³/mol. The zero-order chi connectivity index (χ0) is 19.3. The summed E-state index contributed by atoms with van der Waals surface area (Å²) in [6.45, 7) is 0. The number of aromatic carboxylic acids is 1. The molecule has 2 aromatic carbocycles. The van der Waals surface area contributed by atoms with Crippen LogP contribution in [-0.2, 0) is 0 Å². The molecule has 0 fully saturated rings. The summed E-state index contributed by atoms with van der Waals surface area (Å²) in [7, 11) is 0. The summed E-state index contributed by atoms with van der Waals surface area (Å²) in [6, 6.07) is 8.61. The molecule has 0 aliphatic heterocycles. The van der Waals surface area contributed by atoms with Gasteiger partial charge in [-0.1, -0.05) is 22.0 Å². The number of nitro benzene ring substituents is 1. The second kappa shape index (κ2) is 8.36. The third-order valence-electron chi connectivity index (χ3n) is 3.02. The number of hydrogen-bond donors (Lipinski definition) is 4. The monoisotopic (exact) mass is 438 g/mol. The maximum Gasteiger partial charge on any atom is 0.335 e. The number of rotatable bonds is 5. The van der Waals surface area contributed by atoms with Gasteiger partial charge in [0.15, 0.2) is 5.11 Å². The van der Waals surface area contributed by atoms with Gasteiger partial charge in [-0.15, -0.1) is 0 Å². The Bertz CT molecular complexity index is 919. The fraction of sp³-hybridized carbons (Fsp3) is 0. The van der Waals surface area contributed by atoms with E-state index in [-0.39, 0.29) is 16.2 Å². The van der Waals surface area contributed by atoms with Crippen LogP contribution in [0.5, 0.6) is 5.75 Å². The van der Waals surface area contributed by atoms with Crippen molar-refractivity contribution < 1.29 is 19.9 Å². The number of carboxylic acids is 1. The highest BCUT2D eigenvalue weighted by molar-refractivity contribution is 9.10. The van der Waals surface area contributed by atoms with Crippen LogP contribution in [-0.4, -0.2) is 32.4 Å². The van der Waals surface area contributed by atoms with E-state index >= 15 is 0 Å². The number of carboxylic acid groups (broad SMARTS) is 1. The second-order valence-corrected chi connectivity index (χ2v) is 6.15. The van der Waals surface area contributed by atoms with E-state index in [0.717, 1.165) is 6.21 Å². The molecule has 0 bridgehead atoms. The Kier molecular flexibility index (Phi) is 6.20. The lowest BCUT2D eigenvalue weighted by atomic mass is 10.2. The van der Waals surface area contributed by atoms with Crippen molar-refractivity contribution >= 4 is 56.8 Å². The minimum absolute atomic E-state index is 0.0628. The fourth-order valence-corrected chi connectivity index (χ4v) is 2.53. The summed E-state index contributed by atoms with van der Waals surface area (Å²) in [6.07, 6.45) is 1.16. The SMILES string of the molecule is O=C(O)c1cccc(NC(=S)N/N=C\c2cc(Br)cc([N+](=O)[O-])c2O)c1. The number of hydrogen-bond acceptors (Lipinski definition) is 6. The van der Waals surface area contributed by atoms with Gasteiger partial charge in [0, 0.05) is 21.8 Å². The van der Waals surface area contributed by atoms with Gasteiger partial charge in [0.05, 0.1) is 16.7 Å². The van der Waals surface area contributed by atoms with Crippen LogP contribution in [0.15, 0.2) is 46.0 Å². The molecule has 134 valence electrons. The molecule has 0 spiro atoms. The number of anilines is 1. The van der Waals surface area contributed by atoms with Gasteiger partial charge in [-0.25, -0.2) is 4.79 Å². The van der Waals surface area contributed by atoms with Gasteiger partial charge in [-0.05, 0) is 36.5 Å². The molecular weight excluding hydrogens is 428 g/mol. The lowest BCUT2D eigenvalue weighted by Crippen LogP contribution is -2.24. The number of benzene rings is 2. The number of phenolic OH excluding ortho intramolecular Hbond substituents is 1. The molecule has 0 saturated heterocycles. The van der Waals surface area contributed by atoms with Crippen molar-refractivity contribution in [3.05, 3.63) is 62.1 Å². The Labute approximate surface area is 160 Å². The number of nitrogens with one attached hydrogen (secondary N) is 2. The van der Waals surface area contributed by atoms with Crippen LogP contribution in [0.3, 0.4) is 0 Å². The van der Waals surface area contributed by atoms with Crippen molar-refractivity contribution in [2.24, 2.45) is 5.10 Å². The van der Waals surface area contributed by atoms with E-state index in [9.17, 15) is 20.0 Å². The van der Waals surface area contributed by atoms with Crippen molar-refractivity contribution in [2.45, 2.75) is 0 Å². The molecule has 26 heavy (non-hydrogen) atoms. The molecular formula is C15H11BrN4O5S. The number of carbonyl (C=O) groups is 1.